The maximum absolute atomic E-state index is 11.1. The van der Waals surface area contributed by atoms with Gasteiger partial charge in [-0.3, -0.25) is 4.79 Å². The van der Waals surface area contributed by atoms with E-state index in [2.05, 4.69) is 13.8 Å². The van der Waals surface area contributed by atoms with Crippen LogP contribution in [0.1, 0.15) is 33.1 Å². The molecule has 1 amide bonds. The summed E-state index contributed by atoms with van der Waals surface area (Å²) in [5, 5.41) is 0. The van der Waals surface area contributed by atoms with E-state index in [1.54, 1.807) is 0 Å². The first-order valence-electron chi connectivity index (χ1n) is 4.83. The Bertz CT molecular complexity index is 220. The Morgan fingerprint density at radius 1 is 1.42 bits per heavy atom. The molecular weight excluding hydrogens is 150 g/mol. The molecule has 2 bridgehead atoms. The minimum atomic E-state index is -0.0776. The minimum absolute atomic E-state index is 0.0776. The van der Waals surface area contributed by atoms with Crippen molar-refractivity contribution >= 4 is 5.91 Å². The standard InChI is InChI=1S/C10H17NO/c1-10(2)6-3-4-7(9(11)12)8(10)5-6/h6-8H,3-5H2,1-2H3,(H2,11,12)/t6-,7-,8+/m0/s1. The third kappa shape index (κ3) is 0.838. The van der Waals surface area contributed by atoms with Gasteiger partial charge < -0.3 is 5.73 Å². The van der Waals surface area contributed by atoms with Gasteiger partial charge in [0.2, 0.25) is 5.91 Å². The summed E-state index contributed by atoms with van der Waals surface area (Å²) in [5.41, 5.74) is 5.75. The van der Waals surface area contributed by atoms with E-state index in [-0.39, 0.29) is 11.8 Å². The monoisotopic (exact) mass is 167 g/mol. The van der Waals surface area contributed by atoms with E-state index >= 15 is 0 Å². The van der Waals surface area contributed by atoms with Crippen molar-refractivity contribution < 1.29 is 4.79 Å². The summed E-state index contributed by atoms with van der Waals surface area (Å²) in [5.74, 6) is 1.53. The lowest BCUT2D eigenvalue weighted by atomic mass is 9.45. The molecule has 0 spiro atoms. The average molecular weight is 167 g/mol. The van der Waals surface area contributed by atoms with Crippen molar-refractivity contribution in [3.63, 3.8) is 0 Å². The van der Waals surface area contributed by atoms with Gasteiger partial charge in [0, 0.05) is 5.92 Å². The van der Waals surface area contributed by atoms with Crippen LogP contribution in [-0.2, 0) is 4.79 Å². The fraction of sp³-hybridized carbons (Fsp3) is 0.900. The predicted molar refractivity (Wildman–Crippen MR) is 47.3 cm³/mol. The zero-order valence-corrected chi connectivity index (χ0v) is 7.84. The number of carbonyl (C=O) groups is 1. The third-order valence-electron chi connectivity index (χ3n) is 4.22. The van der Waals surface area contributed by atoms with Crippen molar-refractivity contribution in [2.75, 3.05) is 0 Å². The highest BCUT2D eigenvalue weighted by molar-refractivity contribution is 5.77. The SMILES string of the molecule is CC1(C)[C@H]2CC[C@H](C(N)=O)[C@H]1C2. The Labute approximate surface area is 73.5 Å². The van der Waals surface area contributed by atoms with Crippen LogP contribution in [0.2, 0.25) is 0 Å². The van der Waals surface area contributed by atoms with Gasteiger partial charge in [-0.1, -0.05) is 13.8 Å². The zero-order valence-electron chi connectivity index (χ0n) is 7.84. The van der Waals surface area contributed by atoms with E-state index in [0.717, 1.165) is 12.3 Å². The topological polar surface area (TPSA) is 43.1 Å². The van der Waals surface area contributed by atoms with Crippen molar-refractivity contribution in [3.8, 4) is 0 Å². The Hall–Kier alpha value is -0.530. The summed E-state index contributed by atoms with van der Waals surface area (Å²) >= 11 is 0. The second kappa shape index (κ2) is 2.24. The number of carbonyl (C=O) groups excluding carboxylic acids is 1. The molecular formula is C10H17NO. The van der Waals surface area contributed by atoms with E-state index in [4.69, 9.17) is 5.73 Å². The molecule has 3 saturated carbocycles. The molecule has 0 aromatic carbocycles. The highest BCUT2D eigenvalue weighted by Crippen LogP contribution is 2.61. The lowest BCUT2D eigenvalue weighted by Gasteiger charge is -2.59. The number of fused-ring (bicyclic) bond motifs is 2. The maximum Gasteiger partial charge on any atom is 0.220 e. The number of hydrogen-bond acceptors (Lipinski definition) is 1. The van der Waals surface area contributed by atoms with E-state index in [9.17, 15) is 4.79 Å². The molecule has 3 atom stereocenters. The molecule has 3 aliphatic carbocycles. The molecule has 0 aromatic heterocycles. The van der Waals surface area contributed by atoms with E-state index < -0.39 is 0 Å². The molecule has 2 nitrogen and oxygen atoms in total. The predicted octanol–water partition coefficient (Wildman–Crippen LogP) is 1.54. The van der Waals surface area contributed by atoms with E-state index in [0.29, 0.717) is 11.3 Å². The molecule has 0 aromatic rings. The minimum Gasteiger partial charge on any atom is -0.369 e. The summed E-state index contributed by atoms with van der Waals surface area (Å²) in [7, 11) is 0. The van der Waals surface area contributed by atoms with Crippen LogP contribution in [0.3, 0.4) is 0 Å². The number of amides is 1. The van der Waals surface area contributed by atoms with Gasteiger partial charge in [0.1, 0.15) is 0 Å². The van der Waals surface area contributed by atoms with E-state index in [1.807, 2.05) is 0 Å². The largest absolute Gasteiger partial charge is 0.369 e. The number of primary amides is 1. The van der Waals surface area contributed by atoms with Crippen LogP contribution >= 0.6 is 0 Å². The molecule has 3 aliphatic rings. The fourth-order valence-electron chi connectivity index (χ4n) is 3.15. The Balaban J connectivity index is 2.16. The van der Waals surface area contributed by atoms with Crippen molar-refractivity contribution in [3.05, 3.63) is 0 Å². The van der Waals surface area contributed by atoms with Crippen LogP contribution in [-0.4, -0.2) is 5.91 Å². The van der Waals surface area contributed by atoms with Gasteiger partial charge in [0.15, 0.2) is 0 Å². The Morgan fingerprint density at radius 2 is 2.08 bits per heavy atom. The molecule has 0 unspecified atom stereocenters. The normalized spacial score (nSPS) is 43.3. The molecule has 3 rings (SSSR count). The molecule has 68 valence electrons. The maximum atomic E-state index is 11.1. The lowest BCUT2D eigenvalue weighted by molar-refractivity contribution is -0.145. The van der Waals surface area contributed by atoms with Gasteiger partial charge in [-0.25, -0.2) is 0 Å². The van der Waals surface area contributed by atoms with Crippen molar-refractivity contribution in [2.24, 2.45) is 28.9 Å². The highest BCUT2D eigenvalue weighted by atomic mass is 16.1. The average Bonchev–Trinajstić information content (AvgIpc) is 2.04. The molecule has 2 heteroatoms. The summed E-state index contributed by atoms with van der Waals surface area (Å²) in [6.45, 7) is 4.56. The molecule has 0 aliphatic heterocycles. The smallest absolute Gasteiger partial charge is 0.220 e. The first-order valence-corrected chi connectivity index (χ1v) is 4.83. The number of nitrogens with two attached hydrogens (primary N) is 1. The quantitative estimate of drug-likeness (QED) is 0.632. The molecule has 0 radical (unpaired) electrons. The zero-order chi connectivity index (χ0) is 8.93. The van der Waals surface area contributed by atoms with Crippen molar-refractivity contribution in [1.29, 1.82) is 0 Å². The second-order valence-electron chi connectivity index (χ2n) is 4.95. The van der Waals surface area contributed by atoms with Crippen LogP contribution < -0.4 is 5.73 Å². The fourth-order valence-corrected chi connectivity index (χ4v) is 3.15. The highest BCUT2D eigenvalue weighted by Gasteiger charge is 2.55. The van der Waals surface area contributed by atoms with Gasteiger partial charge in [0.25, 0.3) is 0 Å². The Morgan fingerprint density at radius 3 is 2.42 bits per heavy atom. The summed E-state index contributed by atoms with van der Waals surface area (Å²) in [6, 6.07) is 0. The first kappa shape index (κ1) is 8.09. The molecule has 0 saturated heterocycles. The van der Waals surface area contributed by atoms with Gasteiger partial charge in [-0.15, -0.1) is 0 Å². The van der Waals surface area contributed by atoms with Crippen molar-refractivity contribution in [1.82, 2.24) is 0 Å². The Kier molecular flexibility index (Phi) is 1.51. The lowest BCUT2D eigenvalue weighted by Crippen LogP contribution is -2.55. The summed E-state index contributed by atoms with van der Waals surface area (Å²) in [6.07, 6.45) is 3.48. The second-order valence-corrected chi connectivity index (χ2v) is 4.95. The molecule has 0 heterocycles. The van der Waals surface area contributed by atoms with Gasteiger partial charge >= 0.3 is 0 Å². The van der Waals surface area contributed by atoms with Crippen LogP contribution in [0.15, 0.2) is 0 Å². The summed E-state index contributed by atoms with van der Waals surface area (Å²) < 4.78 is 0. The molecule has 12 heavy (non-hydrogen) atoms. The first-order chi connectivity index (χ1) is 5.53. The van der Waals surface area contributed by atoms with Crippen LogP contribution in [0, 0.1) is 23.2 Å². The van der Waals surface area contributed by atoms with Gasteiger partial charge in [-0.05, 0) is 36.5 Å². The van der Waals surface area contributed by atoms with E-state index in [1.165, 1.54) is 12.8 Å². The molecule has 2 N–H and O–H groups in total. The number of hydrogen-bond donors (Lipinski definition) is 1. The van der Waals surface area contributed by atoms with Crippen LogP contribution in [0.4, 0.5) is 0 Å². The van der Waals surface area contributed by atoms with Crippen LogP contribution in [0.25, 0.3) is 0 Å². The molecule has 3 fully saturated rings. The van der Waals surface area contributed by atoms with Gasteiger partial charge in [0.05, 0.1) is 0 Å². The summed E-state index contributed by atoms with van der Waals surface area (Å²) in [4.78, 5) is 11.1. The third-order valence-corrected chi connectivity index (χ3v) is 4.22. The van der Waals surface area contributed by atoms with Crippen molar-refractivity contribution in [2.45, 2.75) is 33.1 Å². The number of rotatable bonds is 1. The van der Waals surface area contributed by atoms with Crippen LogP contribution in [0.5, 0.6) is 0 Å². The van der Waals surface area contributed by atoms with Gasteiger partial charge in [-0.2, -0.15) is 0 Å².